The molecule has 3 aromatic rings. The average molecular weight is 512 g/mol. The van der Waals surface area contributed by atoms with Crippen molar-refractivity contribution in [1.82, 2.24) is 0 Å². The quantitative estimate of drug-likeness (QED) is 0.251. The molecule has 0 nitrogen and oxygen atoms in total. The van der Waals surface area contributed by atoms with Gasteiger partial charge in [0, 0.05) is 0 Å². The van der Waals surface area contributed by atoms with E-state index in [0.717, 1.165) is 23.7 Å². The van der Waals surface area contributed by atoms with Crippen LogP contribution in [0, 0.1) is 23.7 Å². The summed E-state index contributed by atoms with van der Waals surface area (Å²) in [5.74, 6) is 3.82. The second-order valence-electron chi connectivity index (χ2n) is 11.9. The van der Waals surface area contributed by atoms with Crippen molar-refractivity contribution in [1.29, 1.82) is 0 Å². The van der Waals surface area contributed by atoms with Crippen molar-refractivity contribution in [3.63, 3.8) is 0 Å². The van der Waals surface area contributed by atoms with E-state index in [1.54, 1.807) is 15.9 Å². The number of rotatable bonds is 9. The summed E-state index contributed by atoms with van der Waals surface area (Å²) in [5, 5.41) is 4.70. The second kappa shape index (κ2) is 12.8. The average Bonchev–Trinajstić information content (AvgIpc) is 2.98. The van der Waals surface area contributed by atoms with E-state index in [1.807, 2.05) is 0 Å². The Kier molecular flexibility index (Phi) is 9.20. The highest BCUT2D eigenvalue weighted by Gasteiger charge is 2.54. The van der Waals surface area contributed by atoms with E-state index in [9.17, 15) is 0 Å². The predicted molar refractivity (Wildman–Crippen MR) is 165 cm³/mol. The van der Waals surface area contributed by atoms with Gasteiger partial charge in [-0.1, -0.05) is 94.1 Å². The first kappa shape index (κ1) is 26.7. The van der Waals surface area contributed by atoms with Crippen molar-refractivity contribution in [3.8, 4) is 0 Å². The van der Waals surface area contributed by atoms with Gasteiger partial charge in [0.15, 0.2) is 0 Å². The summed E-state index contributed by atoms with van der Waals surface area (Å²) in [6, 6.07) is 34.9. The summed E-state index contributed by atoms with van der Waals surface area (Å²) >= 11 is 0. The molecule has 196 valence electrons. The van der Waals surface area contributed by atoms with E-state index in [1.165, 1.54) is 70.6 Å². The third-order valence-electron chi connectivity index (χ3n) is 10.0. The molecule has 0 N–H and O–H groups in total. The molecule has 0 bridgehead atoms. The lowest BCUT2D eigenvalue weighted by Gasteiger charge is -2.43. The van der Waals surface area contributed by atoms with Crippen molar-refractivity contribution < 1.29 is 0 Å². The number of benzene rings is 3. The minimum Gasteiger partial charge on any atom is -0.0654 e. The van der Waals surface area contributed by atoms with Gasteiger partial charge in [0.25, 0.3) is 0 Å². The van der Waals surface area contributed by atoms with Crippen LogP contribution in [0.3, 0.4) is 0 Å². The number of hydrogen-bond acceptors (Lipinski definition) is 0. The van der Waals surface area contributed by atoms with Crippen LogP contribution in [0.1, 0.15) is 84.5 Å². The van der Waals surface area contributed by atoms with Crippen LogP contribution in [0.2, 0.25) is 0 Å². The maximum atomic E-state index is 2.48. The Hall–Kier alpha value is -1.91. The summed E-state index contributed by atoms with van der Waals surface area (Å²) in [5.41, 5.74) is 0.695. The van der Waals surface area contributed by atoms with Crippen LogP contribution in [0.5, 0.6) is 0 Å². The maximum Gasteiger partial charge on any atom is 0.115 e. The maximum absolute atomic E-state index is 2.48. The molecule has 1 atom stereocenters. The molecule has 0 amide bonds. The lowest BCUT2D eigenvalue weighted by atomic mass is 9.68. The van der Waals surface area contributed by atoms with Gasteiger partial charge < -0.3 is 0 Å². The first-order valence-corrected chi connectivity index (χ1v) is 17.2. The van der Waals surface area contributed by atoms with Crippen LogP contribution in [0.4, 0.5) is 0 Å². The van der Waals surface area contributed by atoms with Crippen molar-refractivity contribution >= 4 is 23.2 Å². The third kappa shape index (κ3) is 5.61. The minimum atomic E-state index is -1.80. The summed E-state index contributed by atoms with van der Waals surface area (Å²) in [4.78, 5) is 0. The van der Waals surface area contributed by atoms with Gasteiger partial charge in [-0.2, -0.15) is 0 Å². The molecule has 0 spiro atoms. The van der Waals surface area contributed by atoms with E-state index in [4.69, 9.17) is 0 Å². The van der Waals surface area contributed by atoms with E-state index in [-0.39, 0.29) is 0 Å². The third-order valence-corrected chi connectivity index (χ3v) is 15.1. The fraction of sp³-hybridized carbons (Fsp3) is 0.500. The molecule has 2 aliphatic carbocycles. The highest BCUT2D eigenvalue weighted by atomic mass is 31.2. The molecular weight excluding hydrogens is 463 g/mol. The highest BCUT2D eigenvalue weighted by Crippen LogP contribution is 2.64. The van der Waals surface area contributed by atoms with Crippen molar-refractivity contribution in [2.24, 2.45) is 23.7 Å². The first-order chi connectivity index (χ1) is 18.3. The van der Waals surface area contributed by atoms with Gasteiger partial charge in [-0.15, -0.1) is 0 Å². The zero-order valence-corrected chi connectivity index (χ0v) is 24.2. The predicted octanol–water partition coefficient (Wildman–Crippen LogP) is 9.17. The van der Waals surface area contributed by atoms with Crippen molar-refractivity contribution in [2.75, 3.05) is 0 Å². The van der Waals surface area contributed by atoms with E-state index < -0.39 is 7.26 Å². The van der Waals surface area contributed by atoms with Crippen molar-refractivity contribution in [3.05, 3.63) is 91.0 Å². The van der Waals surface area contributed by atoms with Gasteiger partial charge in [0.2, 0.25) is 0 Å². The molecule has 37 heavy (non-hydrogen) atoms. The summed E-state index contributed by atoms with van der Waals surface area (Å²) in [6.07, 6.45) is 15.9. The van der Waals surface area contributed by atoms with Gasteiger partial charge in [-0.25, -0.2) is 0 Å². The normalized spacial score (nSPS) is 25.5. The van der Waals surface area contributed by atoms with Gasteiger partial charge in [-0.05, 0) is 105 Å². The molecule has 5 rings (SSSR count). The largest absolute Gasteiger partial charge is 0.115 e. The lowest BCUT2D eigenvalue weighted by molar-refractivity contribution is 0.142. The molecule has 2 fully saturated rings. The van der Waals surface area contributed by atoms with Gasteiger partial charge in [0.05, 0.1) is 5.66 Å². The zero-order valence-electron chi connectivity index (χ0n) is 23.3. The molecule has 2 saturated carbocycles. The molecule has 0 heterocycles. The van der Waals surface area contributed by atoms with Crippen LogP contribution in [0.25, 0.3) is 0 Å². The Morgan fingerprint density at radius 3 is 1.35 bits per heavy atom. The number of hydrogen-bond donors (Lipinski definition) is 0. The SMILES string of the molecule is CCCC1CCC(C2CCC(C(CC)[P+](c3ccccc3)(c3ccccc3)c3ccccc3)CC2)CC1. The smallest absolute Gasteiger partial charge is 0.0654 e. The molecule has 0 saturated heterocycles. The first-order valence-electron chi connectivity index (χ1n) is 15.3. The van der Waals surface area contributed by atoms with Crippen LogP contribution < -0.4 is 15.9 Å². The molecule has 2 aliphatic rings. The highest BCUT2D eigenvalue weighted by molar-refractivity contribution is 7.96. The standard InChI is InChI=1S/C36H48P/c1-3-14-29-21-23-30(24-22-29)31-25-27-32(28-26-31)36(4-2)37(33-15-8-5-9-16-33,34-17-10-6-11-18-34)35-19-12-7-13-20-35/h5-13,15-20,29-32,36H,3-4,14,21-28H2,1-2H3/q+1. The fourth-order valence-electron chi connectivity index (χ4n) is 8.29. The molecule has 1 unspecified atom stereocenters. The molecular formula is C36H48P+. The molecule has 1 heteroatoms. The summed E-state index contributed by atoms with van der Waals surface area (Å²) in [6.45, 7) is 4.84. The van der Waals surface area contributed by atoms with E-state index >= 15 is 0 Å². The van der Waals surface area contributed by atoms with E-state index in [2.05, 4.69) is 105 Å². The lowest BCUT2D eigenvalue weighted by Crippen LogP contribution is -2.43. The Morgan fingerprint density at radius 2 is 0.973 bits per heavy atom. The topological polar surface area (TPSA) is 0 Å². The molecule has 0 aromatic heterocycles. The fourth-order valence-corrected chi connectivity index (χ4v) is 13.7. The van der Waals surface area contributed by atoms with Crippen LogP contribution >= 0.6 is 7.26 Å². The van der Waals surface area contributed by atoms with Crippen LogP contribution in [0.15, 0.2) is 91.0 Å². The Balaban J connectivity index is 1.45. The molecule has 0 radical (unpaired) electrons. The Labute approximate surface area is 227 Å². The monoisotopic (exact) mass is 511 g/mol. The second-order valence-corrected chi connectivity index (χ2v) is 15.6. The molecule has 3 aromatic carbocycles. The van der Waals surface area contributed by atoms with Crippen LogP contribution in [-0.4, -0.2) is 5.66 Å². The summed E-state index contributed by atoms with van der Waals surface area (Å²) < 4.78 is 0. The van der Waals surface area contributed by atoms with E-state index in [0.29, 0.717) is 5.66 Å². The van der Waals surface area contributed by atoms with Gasteiger partial charge in [0.1, 0.15) is 23.2 Å². The summed E-state index contributed by atoms with van der Waals surface area (Å²) in [7, 11) is -1.80. The van der Waals surface area contributed by atoms with Crippen molar-refractivity contribution in [2.45, 2.75) is 90.1 Å². The molecule has 0 aliphatic heterocycles. The zero-order chi connectivity index (χ0) is 25.5. The Bertz CT molecular complexity index is 947. The minimum absolute atomic E-state index is 0.695. The van der Waals surface area contributed by atoms with Gasteiger partial charge in [-0.3, -0.25) is 0 Å². The van der Waals surface area contributed by atoms with Crippen LogP contribution in [-0.2, 0) is 0 Å². The Morgan fingerprint density at radius 1 is 0.568 bits per heavy atom. The van der Waals surface area contributed by atoms with Gasteiger partial charge >= 0.3 is 0 Å².